The van der Waals surface area contributed by atoms with Crippen LogP contribution >= 0.6 is 15.9 Å². The molecule has 0 spiro atoms. The molecule has 0 saturated heterocycles. The number of anilines is 1. The fourth-order valence-electron chi connectivity index (χ4n) is 2.04. The van der Waals surface area contributed by atoms with Crippen molar-refractivity contribution in [3.63, 3.8) is 0 Å². The zero-order valence-corrected chi connectivity index (χ0v) is 11.1. The lowest BCUT2D eigenvalue weighted by atomic mass is 9.85. The van der Waals surface area contributed by atoms with E-state index < -0.39 is 0 Å². The lowest BCUT2D eigenvalue weighted by molar-refractivity contribution is 0.333. The maximum Gasteiger partial charge on any atom is 0.223 e. The van der Waals surface area contributed by atoms with Gasteiger partial charge in [0.1, 0.15) is 0 Å². The van der Waals surface area contributed by atoms with Gasteiger partial charge in [-0.15, -0.1) is 0 Å². The molecule has 1 aromatic carbocycles. The van der Waals surface area contributed by atoms with Gasteiger partial charge >= 0.3 is 0 Å². The fraction of sp³-hybridized carbons (Fsp3) is 0.385. The van der Waals surface area contributed by atoms with Crippen molar-refractivity contribution >= 4 is 32.8 Å². The summed E-state index contributed by atoms with van der Waals surface area (Å²) in [6, 6.07) is 6.03. The highest BCUT2D eigenvalue weighted by Crippen LogP contribution is 2.26. The molecule has 1 aliphatic carbocycles. The Bertz CT molecular complexity index is 537. The first-order valence-electron chi connectivity index (χ1n) is 5.98. The predicted molar refractivity (Wildman–Crippen MR) is 73.1 cm³/mol. The highest BCUT2D eigenvalue weighted by atomic mass is 79.9. The van der Waals surface area contributed by atoms with E-state index in [1.54, 1.807) is 0 Å². The van der Waals surface area contributed by atoms with Gasteiger partial charge in [0.15, 0.2) is 0 Å². The average molecular weight is 292 g/mol. The Balaban J connectivity index is 1.82. The van der Waals surface area contributed by atoms with Gasteiger partial charge in [0.05, 0.1) is 5.52 Å². The van der Waals surface area contributed by atoms with E-state index in [4.69, 9.17) is 0 Å². The van der Waals surface area contributed by atoms with Crippen molar-refractivity contribution in [3.8, 4) is 0 Å². The SMILES string of the molecule is Brc1cccc2cnc(NCC3CCC3)nc12. The van der Waals surface area contributed by atoms with Crippen LogP contribution < -0.4 is 5.32 Å². The van der Waals surface area contributed by atoms with Crippen molar-refractivity contribution in [2.24, 2.45) is 5.92 Å². The number of halogens is 1. The lowest BCUT2D eigenvalue weighted by Crippen LogP contribution is -2.21. The van der Waals surface area contributed by atoms with E-state index >= 15 is 0 Å². The van der Waals surface area contributed by atoms with Crippen LogP contribution in [-0.2, 0) is 0 Å². The molecule has 1 saturated carbocycles. The maximum absolute atomic E-state index is 4.54. The molecular weight excluding hydrogens is 278 g/mol. The van der Waals surface area contributed by atoms with E-state index in [2.05, 4.69) is 31.2 Å². The summed E-state index contributed by atoms with van der Waals surface area (Å²) < 4.78 is 1.02. The minimum Gasteiger partial charge on any atom is -0.354 e. The normalized spacial score (nSPS) is 15.8. The minimum absolute atomic E-state index is 0.733. The number of benzene rings is 1. The van der Waals surface area contributed by atoms with Gasteiger partial charge in [-0.05, 0) is 40.8 Å². The second-order valence-electron chi connectivity index (χ2n) is 4.55. The summed E-state index contributed by atoms with van der Waals surface area (Å²) in [5.74, 6) is 1.55. The zero-order valence-electron chi connectivity index (χ0n) is 9.49. The number of fused-ring (bicyclic) bond motifs is 1. The van der Waals surface area contributed by atoms with E-state index in [1.807, 2.05) is 24.4 Å². The van der Waals surface area contributed by atoms with Crippen molar-refractivity contribution < 1.29 is 0 Å². The molecule has 2 aromatic rings. The van der Waals surface area contributed by atoms with Crippen LogP contribution in [0.5, 0.6) is 0 Å². The third-order valence-corrected chi connectivity index (χ3v) is 3.98. The topological polar surface area (TPSA) is 37.8 Å². The Morgan fingerprint density at radius 1 is 1.35 bits per heavy atom. The van der Waals surface area contributed by atoms with Crippen molar-refractivity contribution in [2.45, 2.75) is 19.3 Å². The first kappa shape index (κ1) is 11.0. The Labute approximate surface area is 109 Å². The standard InChI is InChI=1S/C13H14BrN3/c14-11-6-2-5-10-8-16-13(17-12(10)11)15-7-9-3-1-4-9/h2,5-6,8-9H,1,3-4,7H2,(H,15,16,17). The molecule has 1 heterocycles. The molecule has 0 bridgehead atoms. The molecule has 3 nitrogen and oxygen atoms in total. The van der Waals surface area contributed by atoms with E-state index in [-0.39, 0.29) is 0 Å². The lowest BCUT2D eigenvalue weighted by Gasteiger charge is -2.25. The van der Waals surface area contributed by atoms with Crippen molar-refractivity contribution in [3.05, 3.63) is 28.9 Å². The number of aromatic nitrogens is 2. The Kier molecular flexibility index (Phi) is 2.97. The molecule has 3 rings (SSSR count). The van der Waals surface area contributed by atoms with Crippen LogP contribution in [0.25, 0.3) is 10.9 Å². The first-order valence-corrected chi connectivity index (χ1v) is 6.77. The predicted octanol–water partition coefficient (Wildman–Crippen LogP) is 3.60. The molecule has 0 amide bonds. The molecule has 17 heavy (non-hydrogen) atoms. The summed E-state index contributed by atoms with van der Waals surface area (Å²) in [4.78, 5) is 8.87. The van der Waals surface area contributed by atoms with Crippen LogP contribution in [0, 0.1) is 5.92 Å². The highest BCUT2D eigenvalue weighted by molar-refractivity contribution is 9.10. The van der Waals surface area contributed by atoms with Crippen molar-refractivity contribution in [1.29, 1.82) is 0 Å². The molecule has 1 aromatic heterocycles. The van der Waals surface area contributed by atoms with Gasteiger partial charge in [0.2, 0.25) is 5.95 Å². The quantitative estimate of drug-likeness (QED) is 0.939. The molecular formula is C13H14BrN3. The third-order valence-electron chi connectivity index (χ3n) is 3.34. The Morgan fingerprint density at radius 2 is 2.24 bits per heavy atom. The third kappa shape index (κ3) is 2.27. The van der Waals surface area contributed by atoms with E-state index in [0.29, 0.717) is 0 Å². The summed E-state index contributed by atoms with van der Waals surface area (Å²) in [5, 5.41) is 4.39. The van der Waals surface area contributed by atoms with Crippen molar-refractivity contribution in [1.82, 2.24) is 9.97 Å². The molecule has 1 aliphatic rings. The molecule has 0 unspecified atom stereocenters. The number of hydrogen-bond donors (Lipinski definition) is 1. The second kappa shape index (κ2) is 4.61. The number of rotatable bonds is 3. The zero-order chi connectivity index (χ0) is 11.7. The summed E-state index contributed by atoms with van der Waals surface area (Å²) in [6.07, 6.45) is 5.92. The first-order chi connectivity index (χ1) is 8.33. The number of para-hydroxylation sites is 1. The van der Waals surface area contributed by atoms with Crippen LogP contribution in [-0.4, -0.2) is 16.5 Å². The van der Waals surface area contributed by atoms with Crippen LogP contribution in [0.15, 0.2) is 28.9 Å². The van der Waals surface area contributed by atoms with Gasteiger partial charge in [-0.3, -0.25) is 0 Å². The van der Waals surface area contributed by atoms with E-state index in [1.165, 1.54) is 19.3 Å². The molecule has 0 atom stereocenters. The number of hydrogen-bond acceptors (Lipinski definition) is 3. The van der Waals surface area contributed by atoms with Gasteiger partial charge < -0.3 is 5.32 Å². The molecule has 0 aliphatic heterocycles. The fourth-order valence-corrected chi connectivity index (χ4v) is 2.51. The molecule has 1 fully saturated rings. The second-order valence-corrected chi connectivity index (χ2v) is 5.40. The van der Waals surface area contributed by atoms with Gasteiger partial charge in [-0.1, -0.05) is 18.6 Å². The van der Waals surface area contributed by atoms with Crippen LogP contribution in [0.3, 0.4) is 0 Å². The summed E-state index contributed by atoms with van der Waals surface area (Å²) in [6.45, 7) is 0.996. The highest BCUT2D eigenvalue weighted by Gasteiger charge is 2.17. The Hall–Kier alpha value is -1.16. The molecule has 1 N–H and O–H groups in total. The van der Waals surface area contributed by atoms with Crippen molar-refractivity contribution in [2.75, 3.05) is 11.9 Å². The molecule has 0 radical (unpaired) electrons. The maximum atomic E-state index is 4.54. The van der Waals surface area contributed by atoms with Crippen LogP contribution in [0.4, 0.5) is 5.95 Å². The summed E-state index contributed by atoms with van der Waals surface area (Å²) in [5.41, 5.74) is 0.971. The Morgan fingerprint density at radius 3 is 3.00 bits per heavy atom. The minimum atomic E-state index is 0.733. The average Bonchev–Trinajstić information content (AvgIpc) is 2.28. The van der Waals surface area contributed by atoms with Crippen LogP contribution in [0.1, 0.15) is 19.3 Å². The number of nitrogens with one attached hydrogen (secondary N) is 1. The van der Waals surface area contributed by atoms with Crippen LogP contribution in [0.2, 0.25) is 0 Å². The summed E-state index contributed by atoms with van der Waals surface area (Å²) in [7, 11) is 0. The van der Waals surface area contributed by atoms with Gasteiger partial charge in [0, 0.05) is 22.6 Å². The smallest absolute Gasteiger partial charge is 0.223 e. The molecule has 88 valence electrons. The van der Waals surface area contributed by atoms with Gasteiger partial charge in [-0.25, -0.2) is 9.97 Å². The van der Waals surface area contributed by atoms with Gasteiger partial charge in [0.25, 0.3) is 0 Å². The summed E-state index contributed by atoms with van der Waals surface area (Å²) >= 11 is 3.52. The van der Waals surface area contributed by atoms with E-state index in [0.717, 1.165) is 33.8 Å². The van der Waals surface area contributed by atoms with E-state index in [9.17, 15) is 0 Å². The monoisotopic (exact) mass is 291 g/mol. The van der Waals surface area contributed by atoms with Gasteiger partial charge in [-0.2, -0.15) is 0 Å². The largest absolute Gasteiger partial charge is 0.354 e. The number of nitrogens with zero attached hydrogens (tertiary/aromatic N) is 2. The molecule has 4 heteroatoms.